The fraction of sp³-hybridized carbons (Fsp3) is 0.600. The summed E-state index contributed by atoms with van der Waals surface area (Å²) >= 11 is 7.49. The van der Waals surface area contributed by atoms with Crippen LogP contribution in [0.15, 0.2) is 10.5 Å². The van der Waals surface area contributed by atoms with Gasteiger partial charge in [0.2, 0.25) is 0 Å². The van der Waals surface area contributed by atoms with Crippen molar-refractivity contribution in [2.45, 2.75) is 44.0 Å². The van der Waals surface area contributed by atoms with Gasteiger partial charge in [-0.2, -0.15) is 0 Å². The summed E-state index contributed by atoms with van der Waals surface area (Å²) in [5.74, 6) is 0.958. The van der Waals surface area contributed by atoms with Crippen molar-refractivity contribution in [1.82, 2.24) is 0 Å². The predicted molar refractivity (Wildman–Crippen MR) is 85.4 cm³/mol. The molecule has 0 amide bonds. The average Bonchev–Trinajstić information content (AvgIpc) is 2.81. The van der Waals surface area contributed by atoms with E-state index in [0.29, 0.717) is 0 Å². The summed E-state index contributed by atoms with van der Waals surface area (Å²) < 4.78 is 12.7. The molecule has 106 valence electrons. The van der Waals surface area contributed by atoms with Gasteiger partial charge in [0.15, 0.2) is 0 Å². The molecule has 1 aromatic carbocycles. The molecule has 1 aliphatic rings. The van der Waals surface area contributed by atoms with Crippen molar-refractivity contribution >= 4 is 31.9 Å². The first-order valence-electron chi connectivity index (χ1n) is 6.52. The summed E-state index contributed by atoms with van der Waals surface area (Å²) in [4.78, 5) is 0.133. The van der Waals surface area contributed by atoms with Crippen molar-refractivity contribution in [3.63, 3.8) is 0 Å². The highest BCUT2D eigenvalue weighted by atomic mass is 79.9. The number of alkyl halides is 1. The Bertz CT molecular complexity index is 480. The second-order valence-corrected chi connectivity index (χ2v) is 7.14. The van der Waals surface area contributed by atoms with Gasteiger partial charge in [0, 0.05) is 16.6 Å². The zero-order valence-corrected chi connectivity index (χ0v) is 15.0. The average molecular weight is 392 g/mol. The molecule has 1 aromatic rings. The lowest BCUT2D eigenvalue weighted by molar-refractivity contribution is 0.0192. The lowest BCUT2D eigenvalue weighted by atomic mass is 9.89. The third-order valence-electron chi connectivity index (χ3n) is 3.95. The Labute approximate surface area is 132 Å². The minimum Gasteiger partial charge on any atom is -0.496 e. The van der Waals surface area contributed by atoms with Crippen LogP contribution in [0.5, 0.6) is 5.75 Å². The molecule has 19 heavy (non-hydrogen) atoms. The fourth-order valence-electron chi connectivity index (χ4n) is 2.76. The highest BCUT2D eigenvalue weighted by Gasteiger charge is 2.40. The molecule has 4 heteroatoms. The first-order chi connectivity index (χ1) is 8.90. The van der Waals surface area contributed by atoms with Crippen LogP contribution in [0.1, 0.15) is 41.3 Å². The lowest BCUT2D eigenvalue weighted by Crippen LogP contribution is -2.29. The van der Waals surface area contributed by atoms with E-state index in [-0.39, 0.29) is 10.4 Å². The van der Waals surface area contributed by atoms with Gasteiger partial charge in [0.05, 0.1) is 17.5 Å². The molecule has 0 spiro atoms. The van der Waals surface area contributed by atoms with Gasteiger partial charge in [0.25, 0.3) is 0 Å². The summed E-state index contributed by atoms with van der Waals surface area (Å²) in [6, 6.07) is 2.11. The van der Waals surface area contributed by atoms with E-state index >= 15 is 0 Å². The number of ether oxygens (including phenoxy) is 2. The van der Waals surface area contributed by atoms with E-state index in [2.05, 4.69) is 58.7 Å². The summed E-state index contributed by atoms with van der Waals surface area (Å²) in [6.07, 6.45) is 2.18. The first kappa shape index (κ1) is 15.3. The molecule has 0 saturated carbocycles. The van der Waals surface area contributed by atoms with E-state index in [1.165, 1.54) is 11.1 Å². The third kappa shape index (κ3) is 2.72. The van der Waals surface area contributed by atoms with Gasteiger partial charge in [0.1, 0.15) is 5.75 Å². The Kier molecular flexibility index (Phi) is 4.63. The maximum atomic E-state index is 5.97. The van der Waals surface area contributed by atoms with Crippen LogP contribution < -0.4 is 4.74 Å². The van der Waals surface area contributed by atoms with E-state index in [4.69, 9.17) is 9.47 Å². The number of hydrogen-bond acceptors (Lipinski definition) is 2. The second-order valence-electron chi connectivity index (χ2n) is 5.37. The van der Waals surface area contributed by atoms with Gasteiger partial charge < -0.3 is 9.47 Å². The minimum atomic E-state index is -0.161. The van der Waals surface area contributed by atoms with Gasteiger partial charge >= 0.3 is 0 Å². The molecule has 2 nitrogen and oxygen atoms in total. The Balaban J connectivity index is 2.54. The highest BCUT2D eigenvalue weighted by molar-refractivity contribution is 9.10. The van der Waals surface area contributed by atoms with E-state index in [0.717, 1.165) is 35.2 Å². The Morgan fingerprint density at radius 2 is 2.11 bits per heavy atom. The van der Waals surface area contributed by atoms with E-state index in [1.807, 2.05) is 0 Å². The van der Waals surface area contributed by atoms with Crippen molar-refractivity contribution in [2.75, 3.05) is 13.7 Å². The van der Waals surface area contributed by atoms with Gasteiger partial charge in [-0.3, -0.25) is 0 Å². The standard InChI is InChI=1S/C15H20Br2O2/c1-9-8-11(16)10(2)12(13(9)18-4)14(17)15(3)6-5-7-19-15/h8,14H,5-7H2,1-4H3. The van der Waals surface area contributed by atoms with Crippen LogP contribution >= 0.6 is 31.9 Å². The van der Waals surface area contributed by atoms with Crippen molar-refractivity contribution in [3.8, 4) is 5.75 Å². The van der Waals surface area contributed by atoms with Crippen molar-refractivity contribution in [2.24, 2.45) is 0 Å². The SMILES string of the molecule is COc1c(C)cc(Br)c(C)c1C(Br)C1(C)CCCO1. The molecule has 1 fully saturated rings. The summed E-state index contributed by atoms with van der Waals surface area (Å²) in [5, 5.41) is 0. The lowest BCUT2D eigenvalue weighted by Gasteiger charge is -2.32. The number of aryl methyl sites for hydroxylation is 1. The number of benzene rings is 1. The molecule has 2 unspecified atom stereocenters. The van der Waals surface area contributed by atoms with E-state index in [1.54, 1.807) is 7.11 Å². The summed E-state index contributed by atoms with van der Waals surface area (Å²) in [7, 11) is 1.73. The molecule has 0 N–H and O–H groups in total. The Morgan fingerprint density at radius 3 is 2.63 bits per heavy atom. The van der Waals surface area contributed by atoms with Gasteiger partial charge in [-0.05, 0) is 50.8 Å². The number of rotatable bonds is 3. The zero-order chi connectivity index (χ0) is 14.2. The molecule has 1 aliphatic heterocycles. The van der Waals surface area contributed by atoms with Crippen LogP contribution in [0, 0.1) is 13.8 Å². The maximum Gasteiger partial charge on any atom is 0.126 e. The number of hydrogen-bond donors (Lipinski definition) is 0. The maximum absolute atomic E-state index is 5.97. The first-order valence-corrected chi connectivity index (χ1v) is 8.23. The summed E-state index contributed by atoms with van der Waals surface area (Å²) in [6.45, 7) is 7.21. The second kappa shape index (κ2) is 5.74. The Morgan fingerprint density at radius 1 is 1.42 bits per heavy atom. The molecule has 0 bridgehead atoms. The molecule has 2 atom stereocenters. The normalized spacial score (nSPS) is 24.5. The number of methoxy groups -OCH3 is 1. The third-order valence-corrected chi connectivity index (χ3v) is 6.20. The van der Waals surface area contributed by atoms with E-state index in [9.17, 15) is 0 Å². The van der Waals surface area contributed by atoms with Crippen LogP contribution in [-0.4, -0.2) is 19.3 Å². The predicted octanol–water partition coefficient (Wildman–Crippen LogP) is 5.08. The van der Waals surface area contributed by atoms with Gasteiger partial charge in [-0.1, -0.05) is 31.9 Å². The van der Waals surface area contributed by atoms with Crippen molar-refractivity contribution in [3.05, 3.63) is 27.2 Å². The fourth-order valence-corrected chi connectivity index (χ4v) is 4.23. The Hall–Kier alpha value is -0.0600. The van der Waals surface area contributed by atoms with Crippen LogP contribution in [-0.2, 0) is 4.74 Å². The smallest absolute Gasteiger partial charge is 0.126 e. The largest absolute Gasteiger partial charge is 0.496 e. The monoisotopic (exact) mass is 390 g/mol. The zero-order valence-electron chi connectivity index (χ0n) is 11.8. The van der Waals surface area contributed by atoms with Crippen LogP contribution in [0.2, 0.25) is 0 Å². The van der Waals surface area contributed by atoms with Gasteiger partial charge in [-0.15, -0.1) is 0 Å². The molecule has 1 saturated heterocycles. The summed E-state index contributed by atoms with van der Waals surface area (Å²) in [5.41, 5.74) is 3.38. The van der Waals surface area contributed by atoms with Crippen molar-refractivity contribution < 1.29 is 9.47 Å². The van der Waals surface area contributed by atoms with Crippen LogP contribution in [0.4, 0.5) is 0 Å². The molecular weight excluding hydrogens is 372 g/mol. The van der Waals surface area contributed by atoms with E-state index < -0.39 is 0 Å². The molecule has 2 rings (SSSR count). The van der Waals surface area contributed by atoms with Crippen LogP contribution in [0.25, 0.3) is 0 Å². The molecule has 0 radical (unpaired) electrons. The molecular formula is C15H20Br2O2. The minimum absolute atomic E-state index is 0.133. The van der Waals surface area contributed by atoms with Gasteiger partial charge in [-0.25, -0.2) is 0 Å². The van der Waals surface area contributed by atoms with Crippen LogP contribution in [0.3, 0.4) is 0 Å². The van der Waals surface area contributed by atoms with Crippen molar-refractivity contribution in [1.29, 1.82) is 0 Å². The number of halogens is 2. The topological polar surface area (TPSA) is 18.5 Å². The molecule has 0 aliphatic carbocycles. The molecule has 0 aromatic heterocycles. The highest BCUT2D eigenvalue weighted by Crippen LogP contribution is 2.49. The molecule has 1 heterocycles. The quantitative estimate of drug-likeness (QED) is 0.669.